The molecule has 2 aromatic rings. The summed E-state index contributed by atoms with van der Waals surface area (Å²) in [6.45, 7) is 3.09. The van der Waals surface area contributed by atoms with Gasteiger partial charge in [0.05, 0.1) is 40.0 Å². The smallest absolute Gasteiger partial charge is 0.320 e. The number of nitrogens with zero attached hydrogens (tertiary/aromatic N) is 1. The van der Waals surface area contributed by atoms with E-state index in [1.165, 1.54) is 0 Å². The highest BCUT2D eigenvalue weighted by atomic mass is 16.5. The van der Waals surface area contributed by atoms with Crippen LogP contribution in [-0.4, -0.2) is 57.2 Å². The van der Waals surface area contributed by atoms with E-state index < -0.39 is 0 Å². The maximum atomic E-state index is 13.0. The molecule has 1 saturated carbocycles. The first-order chi connectivity index (χ1) is 15.5. The van der Waals surface area contributed by atoms with Crippen molar-refractivity contribution in [3.05, 3.63) is 59.7 Å². The highest BCUT2D eigenvalue weighted by molar-refractivity contribution is 5.80. The van der Waals surface area contributed by atoms with E-state index in [0.29, 0.717) is 12.5 Å². The topological polar surface area (TPSA) is 77.1 Å². The van der Waals surface area contributed by atoms with Crippen molar-refractivity contribution in [1.82, 2.24) is 10.2 Å². The van der Waals surface area contributed by atoms with Gasteiger partial charge >= 0.3 is 5.97 Å². The van der Waals surface area contributed by atoms with E-state index in [1.54, 1.807) is 21.1 Å². The van der Waals surface area contributed by atoms with Gasteiger partial charge in [-0.05, 0) is 61.1 Å². The Labute approximate surface area is 189 Å². The van der Waals surface area contributed by atoms with Crippen LogP contribution in [-0.2, 0) is 14.3 Å². The summed E-state index contributed by atoms with van der Waals surface area (Å²) >= 11 is 0. The summed E-state index contributed by atoms with van der Waals surface area (Å²) in [5, 5.41) is 3.14. The number of hydrogen-bond donors (Lipinski definition) is 1. The van der Waals surface area contributed by atoms with Crippen LogP contribution in [0.2, 0.25) is 0 Å². The Morgan fingerprint density at radius 1 is 0.938 bits per heavy atom. The van der Waals surface area contributed by atoms with Crippen LogP contribution in [0.5, 0.6) is 11.5 Å². The average Bonchev–Trinajstić information content (AvgIpc) is 3.62. The van der Waals surface area contributed by atoms with Crippen LogP contribution in [0.15, 0.2) is 48.5 Å². The molecule has 7 nitrogen and oxygen atoms in total. The van der Waals surface area contributed by atoms with Gasteiger partial charge in [0.25, 0.3) is 0 Å². The molecule has 2 aromatic carbocycles. The Morgan fingerprint density at radius 2 is 1.47 bits per heavy atom. The average molecular weight is 441 g/mol. The molecule has 1 amide bonds. The Bertz CT molecular complexity index is 831. The third kappa shape index (κ3) is 6.99. The predicted molar refractivity (Wildman–Crippen MR) is 122 cm³/mol. The van der Waals surface area contributed by atoms with Crippen LogP contribution in [0, 0.1) is 5.92 Å². The quantitative estimate of drug-likeness (QED) is 0.511. The Kier molecular flexibility index (Phi) is 8.50. The van der Waals surface area contributed by atoms with Crippen LogP contribution in [0.1, 0.15) is 36.9 Å². The van der Waals surface area contributed by atoms with Crippen molar-refractivity contribution in [3.8, 4) is 11.5 Å². The van der Waals surface area contributed by atoms with Crippen molar-refractivity contribution < 1.29 is 23.8 Å². The number of benzene rings is 2. The van der Waals surface area contributed by atoms with E-state index in [0.717, 1.165) is 42.0 Å². The van der Waals surface area contributed by atoms with Gasteiger partial charge in [0, 0.05) is 6.54 Å². The van der Waals surface area contributed by atoms with E-state index >= 15 is 0 Å². The molecule has 1 aliphatic carbocycles. The molecule has 1 N–H and O–H groups in total. The Morgan fingerprint density at radius 3 is 1.91 bits per heavy atom. The van der Waals surface area contributed by atoms with Crippen LogP contribution in [0.3, 0.4) is 0 Å². The van der Waals surface area contributed by atoms with Gasteiger partial charge in [0.2, 0.25) is 5.91 Å². The molecule has 0 unspecified atom stereocenters. The first-order valence-electron chi connectivity index (χ1n) is 11.0. The number of carbonyl (C=O) groups excluding carboxylic acids is 2. The number of hydrogen-bond acceptors (Lipinski definition) is 6. The maximum absolute atomic E-state index is 13.0. The van der Waals surface area contributed by atoms with Crippen molar-refractivity contribution in [2.45, 2.75) is 25.8 Å². The maximum Gasteiger partial charge on any atom is 0.320 e. The molecule has 1 fully saturated rings. The van der Waals surface area contributed by atoms with Crippen LogP contribution in [0.25, 0.3) is 0 Å². The summed E-state index contributed by atoms with van der Waals surface area (Å²) in [6.07, 6.45) is 2.28. The lowest BCUT2D eigenvalue weighted by Crippen LogP contribution is -2.42. The first kappa shape index (κ1) is 23.6. The lowest BCUT2D eigenvalue weighted by Gasteiger charge is -2.24. The summed E-state index contributed by atoms with van der Waals surface area (Å²) < 4.78 is 15.6. The second-order valence-corrected chi connectivity index (χ2v) is 7.96. The van der Waals surface area contributed by atoms with Crippen LogP contribution < -0.4 is 14.8 Å². The molecule has 1 aliphatic rings. The van der Waals surface area contributed by atoms with Gasteiger partial charge in [0.1, 0.15) is 11.5 Å². The number of esters is 1. The fourth-order valence-corrected chi connectivity index (χ4v) is 3.60. The highest BCUT2D eigenvalue weighted by Gasteiger charge is 2.27. The molecule has 0 saturated heterocycles. The third-order valence-corrected chi connectivity index (χ3v) is 5.44. The number of nitrogens with one attached hydrogen (secondary N) is 1. The summed E-state index contributed by atoms with van der Waals surface area (Å²) in [4.78, 5) is 26.9. The molecule has 0 spiro atoms. The van der Waals surface area contributed by atoms with E-state index in [-0.39, 0.29) is 31.0 Å². The normalized spacial score (nSPS) is 13.2. The van der Waals surface area contributed by atoms with Crippen molar-refractivity contribution in [1.29, 1.82) is 0 Å². The molecular formula is C25H32N2O5. The van der Waals surface area contributed by atoms with Gasteiger partial charge in [-0.25, -0.2) is 0 Å². The third-order valence-electron chi connectivity index (χ3n) is 5.44. The molecular weight excluding hydrogens is 408 g/mol. The second kappa shape index (κ2) is 11.5. The molecule has 0 radical (unpaired) electrons. The molecule has 0 bridgehead atoms. The standard InChI is InChI=1S/C25H32N2O5/c1-4-32-24(29)17-27(15-18-5-6-18)16-23(28)26-25(19-7-11-21(30-2)12-8-19)20-9-13-22(31-3)14-10-20/h7-14,18,25H,4-6,15-17H2,1-3H3,(H,26,28). The minimum Gasteiger partial charge on any atom is -0.497 e. The van der Waals surface area contributed by atoms with Gasteiger partial charge in [-0.3, -0.25) is 14.5 Å². The summed E-state index contributed by atoms with van der Waals surface area (Å²) in [7, 11) is 3.24. The van der Waals surface area contributed by atoms with Gasteiger partial charge in [-0.2, -0.15) is 0 Å². The summed E-state index contributed by atoms with van der Waals surface area (Å²) in [6, 6.07) is 14.9. The number of carbonyl (C=O) groups is 2. The lowest BCUT2D eigenvalue weighted by atomic mass is 9.98. The lowest BCUT2D eigenvalue weighted by molar-refractivity contribution is -0.144. The van der Waals surface area contributed by atoms with E-state index in [4.69, 9.17) is 14.2 Å². The van der Waals surface area contributed by atoms with Gasteiger partial charge < -0.3 is 19.5 Å². The van der Waals surface area contributed by atoms with E-state index in [2.05, 4.69) is 5.32 Å². The number of methoxy groups -OCH3 is 2. The zero-order chi connectivity index (χ0) is 22.9. The van der Waals surface area contributed by atoms with Gasteiger partial charge in [-0.15, -0.1) is 0 Å². The first-order valence-corrected chi connectivity index (χ1v) is 11.0. The minimum atomic E-state index is -0.343. The largest absolute Gasteiger partial charge is 0.497 e. The zero-order valence-electron chi connectivity index (χ0n) is 19.0. The molecule has 32 heavy (non-hydrogen) atoms. The minimum absolute atomic E-state index is 0.119. The van der Waals surface area contributed by atoms with Gasteiger partial charge in [0.15, 0.2) is 0 Å². The van der Waals surface area contributed by atoms with Crippen molar-refractivity contribution in [2.75, 3.05) is 40.5 Å². The molecule has 0 heterocycles. The fraction of sp³-hybridized carbons (Fsp3) is 0.440. The van der Waals surface area contributed by atoms with Crippen molar-refractivity contribution >= 4 is 11.9 Å². The monoisotopic (exact) mass is 440 g/mol. The SMILES string of the molecule is CCOC(=O)CN(CC(=O)NC(c1ccc(OC)cc1)c1ccc(OC)cc1)CC1CC1. The number of ether oxygens (including phenoxy) is 3. The molecule has 0 atom stereocenters. The number of rotatable bonds is 12. The van der Waals surface area contributed by atoms with Gasteiger partial charge in [-0.1, -0.05) is 24.3 Å². The fourth-order valence-electron chi connectivity index (χ4n) is 3.60. The van der Waals surface area contributed by atoms with E-state index in [1.807, 2.05) is 53.4 Å². The Balaban J connectivity index is 1.75. The van der Waals surface area contributed by atoms with E-state index in [9.17, 15) is 9.59 Å². The Hall–Kier alpha value is -3.06. The highest BCUT2D eigenvalue weighted by Crippen LogP contribution is 2.30. The van der Waals surface area contributed by atoms with Crippen LogP contribution in [0.4, 0.5) is 0 Å². The molecule has 172 valence electrons. The molecule has 0 aromatic heterocycles. The molecule has 3 rings (SSSR count). The predicted octanol–water partition coefficient (Wildman–Crippen LogP) is 3.18. The summed E-state index contributed by atoms with van der Waals surface area (Å²) in [5.74, 6) is 1.60. The van der Waals surface area contributed by atoms with Crippen LogP contribution >= 0.6 is 0 Å². The van der Waals surface area contributed by atoms with Crippen molar-refractivity contribution in [3.63, 3.8) is 0 Å². The molecule has 0 aliphatic heterocycles. The second-order valence-electron chi connectivity index (χ2n) is 7.96. The number of amides is 1. The zero-order valence-corrected chi connectivity index (χ0v) is 19.0. The summed E-state index contributed by atoms with van der Waals surface area (Å²) in [5.41, 5.74) is 1.87. The molecule has 7 heteroatoms. The van der Waals surface area contributed by atoms with Crippen molar-refractivity contribution in [2.24, 2.45) is 5.92 Å².